The van der Waals surface area contributed by atoms with Crippen molar-refractivity contribution in [3.8, 4) is 5.75 Å². The molecule has 0 aliphatic carbocycles. The average Bonchev–Trinajstić information content (AvgIpc) is 2.84. The first-order valence-electron chi connectivity index (χ1n) is 11.5. The lowest BCUT2D eigenvalue weighted by Gasteiger charge is -2.24. The zero-order valence-corrected chi connectivity index (χ0v) is 20.5. The van der Waals surface area contributed by atoms with Gasteiger partial charge in [0.15, 0.2) is 0 Å². The van der Waals surface area contributed by atoms with E-state index >= 15 is 0 Å². The van der Waals surface area contributed by atoms with Gasteiger partial charge in [-0.25, -0.2) is 4.79 Å². The number of aromatic hydroxyl groups is 1. The van der Waals surface area contributed by atoms with E-state index in [1.807, 2.05) is 0 Å². The summed E-state index contributed by atoms with van der Waals surface area (Å²) in [7, 11) is 0. The number of nitrogens with one attached hydrogen (secondary N) is 3. The number of rotatable bonds is 17. The van der Waals surface area contributed by atoms with Gasteiger partial charge in [0.2, 0.25) is 17.7 Å². The number of phenols is 1. The van der Waals surface area contributed by atoms with Gasteiger partial charge in [-0.1, -0.05) is 12.1 Å². The lowest BCUT2D eigenvalue weighted by Crippen LogP contribution is -2.57. The summed E-state index contributed by atoms with van der Waals surface area (Å²) in [5.41, 5.74) is 6.02. The van der Waals surface area contributed by atoms with Crippen LogP contribution in [0.25, 0.3) is 0 Å². The molecule has 10 N–H and O–H groups in total. The van der Waals surface area contributed by atoms with E-state index in [4.69, 9.17) is 15.9 Å². The first-order chi connectivity index (χ1) is 18.2. The normalized spacial score (nSPS) is 13.7. The molecule has 0 spiro atoms. The van der Waals surface area contributed by atoms with E-state index in [0.29, 0.717) is 5.56 Å². The molecule has 0 saturated heterocycles. The van der Waals surface area contributed by atoms with E-state index in [2.05, 4.69) is 16.0 Å². The Morgan fingerprint density at radius 1 is 0.667 bits per heavy atom. The number of hydrogen-bond acceptors (Lipinski definition) is 9. The lowest BCUT2D eigenvalue weighted by molar-refractivity contribution is -0.143. The van der Waals surface area contributed by atoms with Gasteiger partial charge < -0.3 is 47.2 Å². The topological polar surface area (TPSA) is 283 Å². The SMILES string of the molecule is NC(CCC(=O)O)C(=O)NC(CCC(=O)O)C(=O)NC(CC(=O)O)C(=O)NC(Cc1ccc(O)cc1)C(=O)O. The van der Waals surface area contributed by atoms with Crippen molar-refractivity contribution in [1.82, 2.24) is 16.0 Å². The Bertz CT molecular complexity index is 1080. The van der Waals surface area contributed by atoms with Gasteiger partial charge in [0.1, 0.15) is 23.9 Å². The summed E-state index contributed by atoms with van der Waals surface area (Å²) in [5, 5.41) is 52.1. The molecule has 0 radical (unpaired) electrons. The molecule has 1 rings (SSSR count). The predicted molar refractivity (Wildman–Crippen MR) is 129 cm³/mol. The number of carboxylic acids is 4. The fourth-order valence-corrected chi connectivity index (χ4v) is 3.22. The van der Waals surface area contributed by atoms with Gasteiger partial charge >= 0.3 is 23.9 Å². The van der Waals surface area contributed by atoms with Crippen LogP contribution < -0.4 is 21.7 Å². The summed E-state index contributed by atoms with van der Waals surface area (Å²) in [6.07, 6.45) is -3.10. The zero-order chi connectivity index (χ0) is 29.7. The van der Waals surface area contributed by atoms with E-state index in [0.717, 1.165) is 0 Å². The fraction of sp³-hybridized carbons (Fsp3) is 0.435. The van der Waals surface area contributed by atoms with Crippen LogP contribution >= 0.6 is 0 Å². The highest BCUT2D eigenvalue weighted by atomic mass is 16.4. The minimum atomic E-state index is -1.82. The Balaban J connectivity index is 3.04. The fourth-order valence-electron chi connectivity index (χ4n) is 3.22. The van der Waals surface area contributed by atoms with Crippen molar-refractivity contribution in [2.24, 2.45) is 5.73 Å². The molecule has 3 amide bonds. The molecule has 4 atom stereocenters. The first-order valence-corrected chi connectivity index (χ1v) is 11.5. The highest BCUT2D eigenvalue weighted by Gasteiger charge is 2.32. The number of carbonyl (C=O) groups excluding carboxylic acids is 3. The summed E-state index contributed by atoms with van der Waals surface area (Å²) < 4.78 is 0. The van der Waals surface area contributed by atoms with Gasteiger partial charge in [0.05, 0.1) is 12.5 Å². The molecule has 16 nitrogen and oxygen atoms in total. The van der Waals surface area contributed by atoms with Crippen molar-refractivity contribution < 1.29 is 59.1 Å². The molecule has 0 heterocycles. The second-order valence-corrected chi connectivity index (χ2v) is 8.46. The largest absolute Gasteiger partial charge is 0.508 e. The van der Waals surface area contributed by atoms with Crippen LogP contribution in [0.2, 0.25) is 0 Å². The highest BCUT2D eigenvalue weighted by Crippen LogP contribution is 2.12. The van der Waals surface area contributed by atoms with Gasteiger partial charge in [-0.3, -0.25) is 28.8 Å². The predicted octanol–water partition coefficient (Wildman–Crippen LogP) is -1.99. The molecule has 1 aromatic rings. The van der Waals surface area contributed by atoms with Crippen molar-refractivity contribution >= 4 is 41.6 Å². The van der Waals surface area contributed by atoms with Crippen LogP contribution in [-0.4, -0.2) is 91.3 Å². The Morgan fingerprint density at radius 2 is 1.15 bits per heavy atom. The molecule has 0 fully saturated rings. The average molecular weight is 555 g/mol. The quantitative estimate of drug-likeness (QED) is 0.101. The van der Waals surface area contributed by atoms with Crippen LogP contribution in [0, 0.1) is 0 Å². The summed E-state index contributed by atoms with van der Waals surface area (Å²) in [6.45, 7) is 0. The Labute approximate surface area is 221 Å². The van der Waals surface area contributed by atoms with Crippen molar-refractivity contribution in [2.75, 3.05) is 0 Å². The standard InChI is InChI=1S/C23H30N4O12/c24-13(5-7-17(29)30)20(35)25-14(6-8-18(31)32)21(36)26-15(10-19(33)34)22(37)27-16(23(38)39)9-11-1-3-12(28)4-2-11/h1-4,13-16,28H,5-10,24H2,(H,25,35)(H,26,36)(H,27,37)(H,29,30)(H,31,32)(H,33,34)(H,38,39). The molecular weight excluding hydrogens is 524 g/mol. The molecule has 0 saturated carbocycles. The molecule has 4 unspecified atom stereocenters. The zero-order valence-electron chi connectivity index (χ0n) is 20.5. The maximum Gasteiger partial charge on any atom is 0.326 e. The first kappa shape index (κ1) is 32.3. The third-order valence-corrected chi connectivity index (χ3v) is 5.29. The smallest absolute Gasteiger partial charge is 0.326 e. The third kappa shape index (κ3) is 12.4. The van der Waals surface area contributed by atoms with Crippen molar-refractivity contribution in [2.45, 2.75) is 62.7 Å². The summed E-state index contributed by atoms with van der Waals surface area (Å²) in [4.78, 5) is 82.7. The lowest BCUT2D eigenvalue weighted by atomic mass is 10.0. The highest BCUT2D eigenvalue weighted by molar-refractivity contribution is 5.95. The summed E-state index contributed by atoms with van der Waals surface area (Å²) in [6, 6.07) is -0.927. The molecule has 39 heavy (non-hydrogen) atoms. The van der Waals surface area contributed by atoms with Gasteiger partial charge in [0.25, 0.3) is 0 Å². The van der Waals surface area contributed by atoms with Gasteiger partial charge in [-0.2, -0.15) is 0 Å². The van der Waals surface area contributed by atoms with Crippen LogP contribution in [0.15, 0.2) is 24.3 Å². The van der Waals surface area contributed by atoms with Gasteiger partial charge in [0, 0.05) is 19.3 Å². The van der Waals surface area contributed by atoms with E-state index in [9.17, 15) is 48.9 Å². The number of carbonyl (C=O) groups is 7. The number of benzene rings is 1. The van der Waals surface area contributed by atoms with Gasteiger partial charge in [-0.15, -0.1) is 0 Å². The van der Waals surface area contributed by atoms with Gasteiger partial charge in [-0.05, 0) is 30.5 Å². The molecule has 1 aromatic carbocycles. The molecule has 214 valence electrons. The Hall–Kier alpha value is -4.73. The van der Waals surface area contributed by atoms with Crippen LogP contribution in [-0.2, 0) is 40.0 Å². The van der Waals surface area contributed by atoms with E-state index in [-0.39, 0.29) is 18.6 Å². The van der Waals surface area contributed by atoms with Crippen molar-refractivity contribution in [1.29, 1.82) is 0 Å². The minimum Gasteiger partial charge on any atom is -0.508 e. The number of amides is 3. The summed E-state index contributed by atoms with van der Waals surface area (Å²) in [5.74, 6) is -8.98. The van der Waals surface area contributed by atoms with Crippen molar-refractivity contribution in [3.63, 3.8) is 0 Å². The number of nitrogens with two attached hydrogens (primary N) is 1. The number of hydrogen-bond donors (Lipinski definition) is 9. The van der Waals surface area contributed by atoms with E-state index in [1.54, 1.807) is 0 Å². The molecule has 0 aliphatic rings. The Morgan fingerprint density at radius 3 is 1.67 bits per heavy atom. The van der Waals surface area contributed by atoms with Crippen molar-refractivity contribution in [3.05, 3.63) is 29.8 Å². The van der Waals surface area contributed by atoms with Crippen LogP contribution in [0.5, 0.6) is 5.75 Å². The molecule has 0 bridgehead atoms. The summed E-state index contributed by atoms with van der Waals surface area (Å²) >= 11 is 0. The molecule has 0 aliphatic heterocycles. The van der Waals surface area contributed by atoms with Crippen LogP contribution in [0.1, 0.15) is 37.7 Å². The maximum absolute atomic E-state index is 12.9. The monoisotopic (exact) mass is 554 g/mol. The second kappa shape index (κ2) is 15.5. The second-order valence-electron chi connectivity index (χ2n) is 8.46. The third-order valence-electron chi connectivity index (χ3n) is 5.29. The molecular formula is C23H30N4O12. The Kier molecular flexibility index (Phi) is 12.8. The van der Waals surface area contributed by atoms with E-state index in [1.165, 1.54) is 24.3 Å². The van der Waals surface area contributed by atoms with E-state index < -0.39 is 91.4 Å². The van der Waals surface area contributed by atoms with Crippen LogP contribution in [0.3, 0.4) is 0 Å². The maximum atomic E-state index is 12.9. The van der Waals surface area contributed by atoms with Crippen LogP contribution in [0.4, 0.5) is 0 Å². The number of phenolic OH excluding ortho intramolecular Hbond substituents is 1. The molecule has 0 aromatic heterocycles. The molecule has 16 heteroatoms. The number of carboxylic acid groups (broad SMARTS) is 4. The minimum absolute atomic E-state index is 0.0775. The number of aliphatic carboxylic acids is 4.